The average molecular weight is 463 g/mol. The van der Waals surface area contributed by atoms with Crippen LogP contribution in [0.4, 0.5) is 4.79 Å². The van der Waals surface area contributed by atoms with Crippen LogP contribution in [0.2, 0.25) is 0 Å². The van der Waals surface area contributed by atoms with Gasteiger partial charge in [-0.15, -0.1) is 0 Å². The molecule has 1 heterocycles. The lowest BCUT2D eigenvalue weighted by Gasteiger charge is -2.33. The van der Waals surface area contributed by atoms with E-state index in [1.807, 2.05) is 24.3 Å². The van der Waals surface area contributed by atoms with E-state index in [1.165, 1.54) is 0 Å². The summed E-state index contributed by atoms with van der Waals surface area (Å²) in [5.74, 6) is -1.25. The van der Waals surface area contributed by atoms with Crippen molar-refractivity contribution in [2.75, 3.05) is 19.7 Å². The molecule has 0 aromatic heterocycles. The number of hydrogen-bond acceptors (Lipinski definition) is 4. The van der Waals surface area contributed by atoms with Crippen LogP contribution in [0.25, 0.3) is 11.1 Å². The highest BCUT2D eigenvalue weighted by atomic mass is 16.5. The molecular formula is C27H30N2O5. The molecule has 5 rings (SSSR count). The molecule has 2 aromatic carbocycles. The SMILES string of the molecule is O=C(N[C@@H](CC1CC1)C(=O)N1CCC[C@@H](C(=O)O)C1)OCC1c2ccccc2-c2ccccc21. The molecule has 1 aliphatic heterocycles. The number of amides is 2. The second-order valence-corrected chi connectivity index (χ2v) is 9.66. The van der Waals surface area contributed by atoms with Crippen LogP contribution in [-0.4, -0.2) is 53.7 Å². The lowest BCUT2D eigenvalue weighted by Crippen LogP contribution is -2.52. The quantitative estimate of drug-likeness (QED) is 0.648. The first-order valence-electron chi connectivity index (χ1n) is 12.1. The van der Waals surface area contributed by atoms with Crippen molar-refractivity contribution in [2.45, 2.75) is 44.1 Å². The number of hydrogen-bond donors (Lipinski definition) is 2. The third-order valence-corrected chi connectivity index (χ3v) is 7.28. The van der Waals surface area contributed by atoms with E-state index in [9.17, 15) is 19.5 Å². The van der Waals surface area contributed by atoms with Crippen molar-refractivity contribution < 1.29 is 24.2 Å². The molecule has 7 nitrogen and oxygen atoms in total. The minimum absolute atomic E-state index is 0.0471. The second-order valence-electron chi connectivity index (χ2n) is 9.66. The van der Waals surface area contributed by atoms with E-state index in [0.29, 0.717) is 31.7 Å². The Hall–Kier alpha value is -3.35. The van der Waals surface area contributed by atoms with Gasteiger partial charge in [0.25, 0.3) is 0 Å². The number of fused-ring (bicyclic) bond motifs is 3. The largest absolute Gasteiger partial charge is 0.481 e. The van der Waals surface area contributed by atoms with E-state index in [1.54, 1.807) is 4.90 Å². The lowest BCUT2D eigenvalue weighted by atomic mass is 9.97. The van der Waals surface area contributed by atoms with Gasteiger partial charge in [-0.25, -0.2) is 4.79 Å². The Balaban J connectivity index is 1.24. The Bertz CT molecular complexity index is 1050. The molecule has 34 heavy (non-hydrogen) atoms. The maximum atomic E-state index is 13.2. The summed E-state index contributed by atoms with van der Waals surface area (Å²) in [5.41, 5.74) is 4.59. The number of carbonyl (C=O) groups is 3. The zero-order chi connectivity index (χ0) is 23.7. The summed E-state index contributed by atoms with van der Waals surface area (Å²) >= 11 is 0. The van der Waals surface area contributed by atoms with E-state index in [4.69, 9.17) is 4.74 Å². The predicted octanol–water partition coefficient (Wildman–Crippen LogP) is 4.02. The second kappa shape index (κ2) is 9.49. The summed E-state index contributed by atoms with van der Waals surface area (Å²) in [6.45, 7) is 0.910. The van der Waals surface area contributed by atoms with E-state index < -0.39 is 24.0 Å². The van der Waals surface area contributed by atoms with Crippen LogP contribution >= 0.6 is 0 Å². The minimum atomic E-state index is -0.874. The van der Waals surface area contributed by atoms with Gasteiger partial charge < -0.3 is 20.1 Å². The Morgan fingerprint density at radius 3 is 2.26 bits per heavy atom. The highest BCUT2D eigenvalue weighted by Crippen LogP contribution is 2.44. The summed E-state index contributed by atoms with van der Waals surface area (Å²) in [7, 11) is 0. The topological polar surface area (TPSA) is 95.9 Å². The fourth-order valence-corrected chi connectivity index (χ4v) is 5.29. The molecular weight excluding hydrogens is 432 g/mol. The number of benzene rings is 2. The van der Waals surface area contributed by atoms with Crippen LogP contribution < -0.4 is 5.32 Å². The molecule has 178 valence electrons. The van der Waals surface area contributed by atoms with Crippen molar-refractivity contribution in [3.63, 3.8) is 0 Å². The number of nitrogens with zero attached hydrogens (tertiary/aromatic N) is 1. The fourth-order valence-electron chi connectivity index (χ4n) is 5.29. The molecule has 2 amide bonds. The van der Waals surface area contributed by atoms with Crippen molar-refractivity contribution in [2.24, 2.45) is 11.8 Å². The summed E-state index contributed by atoms with van der Waals surface area (Å²) < 4.78 is 5.65. The third-order valence-electron chi connectivity index (χ3n) is 7.28. The summed E-state index contributed by atoms with van der Waals surface area (Å²) in [6.07, 6.45) is 3.29. The van der Waals surface area contributed by atoms with Crippen LogP contribution in [0.1, 0.15) is 49.1 Å². The smallest absolute Gasteiger partial charge is 0.407 e. The molecule has 2 N–H and O–H groups in total. The van der Waals surface area contributed by atoms with Gasteiger partial charge in [-0.05, 0) is 47.4 Å². The standard InChI is InChI=1S/C27H30N2O5/c30-25(29-13-5-6-18(15-29)26(31)32)24(14-17-11-12-17)28-27(33)34-16-23-21-9-3-1-7-19(21)20-8-2-4-10-22(20)23/h1-4,7-10,17-18,23-24H,5-6,11-16H2,(H,28,33)(H,31,32)/t18-,24+/m1/s1. The van der Waals surface area contributed by atoms with Gasteiger partial charge in [-0.2, -0.15) is 0 Å². The zero-order valence-corrected chi connectivity index (χ0v) is 19.1. The van der Waals surface area contributed by atoms with Crippen molar-refractivity contribution in [1.29, 1.82) is 0 Å². The number of piperidine rings is 1. The minimum Gasteiger partial charge on any atom is -0.481 e. The van der Waals surface area contributed by atoms with Gasteiger partial charge >= 0.3 is 12.1 Å². The van der Waals surface area contributed by atoms with Gasteiger partial charge in [0.05, 0.1) is 5.92 Å². The Morgan fingerprint density at radius 1 is 1.00 bits per heavy atom. The first-order chi connectivity index (χ1) is 16.5. The molecule has 2 aromatic rings. The van der Waals surface area contributed by atoms with E-state index in [2.05, 4.69) is 29.6 Å². The number of carboxylic acids is 1. The number of ether oxygens (including phenoxy) is 1. The van der Waals surface area contributed by atoms with Gasteiger partial charge in [0.1, 0.15) is 12.6 Å². The lowest BCUT2D eigenvalue weighted by molar-refractivity contribution is -0.146. The van der Waals surface area contributed by atoms with Crippen molar-refractivity contribution >= 4 is 18.0 Å². The van der Waals surface area contributed by atoms with Crippen molar-refractivity contribution in [1.82, 2.24) is 10.2 Å². The van der Waals surface area contributed by atoms with E-state index in [-0.39, 0.29) is 25.0 Å². The molecule has 1 saturated heterocycles. The third kappa shape index (κ3) is 4.65. The Labute approximate surface area is 199 Å². The molecule has 2 aliphatic carbocycles. The molecule has 2 fully saturated rings. The number of carboxylic acid groups (broad SMARTS) is 1. The number of rotatable bonds is 7. The Kier molecular flexibility index (Phi) is 6.26. The zero-order valence-electron chi connectivity index (χ0n) is 19.1. The molecule has 0 unspecified atom stereocenters. The first kappa shape index (κ1) is 22.4. The summed E-state index contributed by atoms with van der Waals surface area (Å²) in [5, 5.41) is 12.2. The highest BCUT2D eigenvalue weighted by Gasteiger charge is 2.36. The predicted molar refractivity (Wildman–Crippen MR) is 126 cm³/mol. The Morgan fingerprint density at radius 2 is 1.65 bits per heavy atom. The van der Waals surface area contributed by atoms with Crippen LogP contribution in [0, 0.1) is 11.8 Å². The van der Waals surface area contributed by atoms with Crippen molar-refractivity contribution in [3.05, 3.63) is 59.7 Å². The van der Waals surface area contributed by atoms with Crippen molar-refractivity contribution in [3.8, 4) is 11.1 Å². The van der Waals surface area contributed by atoms with Gasteiger partial charge in [-0.3, -0.25) is 9.59 Å². The van der Waals surface area contributed by atoms with Gasteiger partial charge in [0.15, 0.2) is 0 Å². The van der Waals surface area contributed by atoms with Gasteiger partial charge in [0, 0.05) is 19.0 Å². The number of aliphatic carboxylic acids is 1. The molecule has 0 radical (unpaired) electrons. The summed E-state index contributed by atoms with van der Waals surface area (Å²) in [6, 6.07) is 15.6. The average Bonchev–Trinajstić information content (AvgIpc) is 3.62. The molecule has 3 aliphatic rings. The van der Waals surface area contributed by atoms with Crippen LogP contribution in [0.15, 0.2) is 48.5 Å². The maximum absolute atomic E-state index is 13.2. The summed E-state index contributed by atoms with van der Waals surface area (Å²) in [4.78, 5) is 39.0. The monoisotopic (exact) mass is 462 g/mol. The van der Waals surface area contributed by atoms with E-state index >= 15 is 0 Å². The van der Waals surface area contributed by atoms with E-state index in [0.717, 1.165) is 35.1 Å². The highest BCUT2D eigenvalue weighted by molar-refractivity contribution is 5.86. The number of carbonyl (C=O) groups excluding carboxylic acids is 2. The fraction of sp³-hybridized carbons (Fsp3) is 0.444. The number of alkyl carbamates (subject to hydrolysis) is 1. The molecule has 7 heteroatoms. The van der Waals surface area contributed by atoms with Crippen LogP contribution in [0.5, 0.6) is 0 Å². The molecule has 1 saturated carbocycles. The number of likely N-dealkylation sites (tertiary alicyclic amines) is 1. The van der Waals surface area contributed by atoms with Crippen LogP contribution in [0.3, 0.4) is 0 Å². The molecule has 2 atom stereocenters. The van der Waals surface area contributed by atoms with Crippen LogP contribution in [-0.2, 0) is 14.3 Å². The van der Waals surface area contributed by atoms with Gasteiger partial charge in [-0.1, -0.05) is 61.4 Å². The molecule has 0 spiro atoms. The molecule has 0 bridgehead atoms. The first-order valence-corrected chi connectivity index (χ1v) is 12.1. The normalized spacial score (nSPS) is 20.2. The maximum Gasteiger partial charge on any atom is 0.407 e. The van der Waals surface area contributed by atoms with Gasteiger partial charge in [0.2, 0.25) is 5.91 Å². The number of nitrogens with one attached hydrogen (secondary N) is 1.